The van der Waals surface area contributed by atoms with Gasteiger partial charge in [0.15, 0.2) is 5.16 Å². The Morgan fingerprint density at radius 2 is 2.00 bits per heavy atom. The van der Waals surface area contributed by atoms with E-state index in [1.807, 2.05) is 0 Å². The summed E-state index contributed by atoms with van der Waals surface area (Å²) < 4.78 is 2.09. The number of anilines is 1. The van der Waals surface area contributed by atoms with Crippen LogP contribution in [0.15, 0.2) is 35.5 Å². The van der Waals surface area contributed by atoms with Crippen molar-refractivity contribution >= 4 is 17.7 Å². The van der Waals surface area contributed by atoms with Crippen LogP contribution in [0.5, 0.6) is 0 Å². The molecule has 0 unspecified atom stereocenters. The zero-order valence-corrected chi connectivity index (χ0v) is 11.6. The highest BCUT2D eigenvalue weighted by atomic mass is 32.2. The zero-order valence-electron chi connectivity index (χ0n) is 10.8. The van der Waals surface area contributed by atoms with Crippen LogP contribution < -0.4 is 5.73 Å². The van der Waals surface area contributed by atoms with Gasteiger partial charge in [-0.2, -0.15) is 0 Å². The molecule has 1 aromatic heterocycles. The van der Waals surface area contributed by atoms with E-state index in [9.17, 15) is 0 Å². The van der Waals surface area contributed by atoms with Crippen molar-refractivity contribution in [2.75, 3.05) is 11.5 Å². The first kappa shape index (κ1) is 12.5. The Hall–Kier alpha value is -1.49. The maximum atomic E-state index is 5.85. The number of benzene rings is 1. The molecule has 1 fully saturated rings. The Balaban J connectivity index is 1.50. The topological polar surface area (TPSA) is 56.7 Å². The fourth-order valence-corrected chi connectivity index (χ4v) is 3.10. The minimum absolute atomic E-state index is 0.548. The van der Waals surface area contributed by atoms with Crippen LogP contribution in [0.2, 0.25) is 0 Å². The molecule has 4 nitrogen and oxygen atoms in total. The van der Waals surface area contributed by atoms with Crippen LogP contribution in [0, 0.1) is 0 Å². The molecule has 5 heteroatoms. The second-order valence-corrected chi connectivity index (χ2v) is 5.94. The van der Waals surface area contributed by atoms with Gasteiger partial charge in [0.25, 0.3) is 0 Å². The molecule has 0 atom stereocenters. The number of aromatic nitrogens is 3. The lowest BCUT2D eigenvalue weighted by molar-refractivity contribution is 0.671. The summed E-state index contributed by atoms with van der Waals surface area (Å²) in [4.78, 5) is 0. The van der Waals surface area contributed by atoms with Crippen molar-refractivity contribution < 1.29 is 0 Å². The van der Waals surface area contributed by atoms with Crippen molar-refractivity contribution in [3.8, 4) is 0 Å². The molecule has 1 aliphatic rings. The second-order valence-electron chi connectivity index (χ2n) is 4.88. The predicted octanol–water partition coefficient (Wildman–Crippen LogP) is 2.92. The van der Waals surface area contributed by atoms with Crippen LogP contribution in [0.1, 0.15) is 30.9 Å². The molecule has 2 N–H and O–H groups in total. The van der Waals surface area contributed by atoms with E-state index in [-0.39, 0.29) is 0 Å². The smallest absolute Gasteiger partial charge is 0.222 e. The predicted molar refractivity (Wildman–Crippen MR) is 78.2 cm³/mol. The Labute approximate surface area is 117 Å². The highest BCUT2D eigenvalue weighted by Crippen LogP contribution is 2.39. The van der Waals surface area contributed by atoms with Gasteiger partial charge in [0, 0.05) is 11.8 Å². The van der Waals surface area contributed by atoms with Crippen molar-refractivity contribution in [3.05, 3.63) is 35.9 Å². The first-order valence-corrected chi connectivity index (χ1v) is 7.70. The molecule has 0 bridgehead atoms. The lowest BCUT2D eigenvalue weighted by atomic mass is 10.1. The molecule has 1 aliphatic carbocycles. The number of nitrogen functional groups attached to an aromatic ring is 1. The highest BCUT2D eigenvalue weighted by molar-refractivity contribution is 7.99. The Morgan fingerprint density at radius 1 is 1.21 bits per heavy atom. The molecule has 1 aromatic carbocycles. The van der Waals surface area contributed by atoms with Crippen LogP contribution in [0.3, 0.4) is 0 Å². The molecule has 100 valence electrons. The molecule has 1 saturated carbocycles. The maximum absolute atomic E-state index is 5.85. The largest absolute Gasteiger partial charge is 0.368 e. The van der Waals surface area contributed by atoms with Crippen LogP contribution in [-0.4, -0.2) is 20.5 Å². The molecule has 19 heavy (non-hydrogen) atoms. The third-order valence-electron chi connectivity index (χ3n) is 3.29. The summed E-state index contributed by atoms with van der Waals surface area (Å²) in [5.41, 5.74) is 7.25. The van der Waals surface area contributed by atoms with Crippen LogP contribution in [0.25, 0.3) is 0 Å². The van der Waals surface area contributed by atoms with E-state index >= 15 is 0 Å². The van der Waals surface area contributed by atoms with E-state index in [0.29, 0.717) is 12.0 Å². The lowest BCUT2D eigenvalue weighted by Gasteiger charge is -2.05. The molecule has 2 aromatic rings. The molecule has 0 amide bonds. The number of thioether (sulfide) groups is 1. The molecule has 0 aliphatic heterocycles. The van der Waals surface area contributed by atoms with Gasteiger partial charge < -0.3 is 5.73 Å². The number of hydrogen-bond acceptors (Lipinski definition) is 4. The molecule has 1 heterocycles. The molecule has 3 rings (SSSR count). The van der Waals surface area contributed by atoms with Gasteiger partial charge in [-0.15, -0.1) is 10.2 Å². The normalized spacial score (nSPS) is 14.7. The zero-order chi connectivity index (χ0) is 13.1. The fraction of sp³-hybridized carbons (Fsp3) is 0.429. The Bertz CT molecular complexity index is 534. The first-order chi connectivity index (χ1) is 9.34. The van der Waals surface area contributed by atoms with Crippen LogP contribution >= 0.6 is 11.8 Å². The summed E-state index contributed by atoms with van der Waals surface area (Å²) >= 11 is 1.76. The van der Waals surface area contributed by atoms with Crippen LogP contribution in [0.4, 0.5) is 5.95 Å². The van der Waals surface area contributed by atoms with Crippen molar-refractivity contribution in [1.29, 1.82) is 0 Å². The fourth-order valence-electron chi connectivity index (χ4n) is 2.15. The summed E-state index contributed by atoms with van der Waals surface area (Å²) in [5.74, 6) is 1.62. The summed E-state index contributed by atoms with van der Waals surface area (Å²) in [6.45, 7) is 0. The number of aryl methyl sites for hydroxylation is 1. The standard InChI is InChI=1S/C14H18N4S/c15-13-16-17-14(18(13)12-8-9-12)19-10-4-7-11-5-2-1-3-6-11/h1-3,5-6,12H,4,7-10H2,(H2,15,16). The van der Waals surface area contributed by atoms with Gasteiger partial charge >= 0.3 is 0 Å². The van der Waals surface area contributed by atoms with Gasteiger partial charge in [-0.3, -0.25) is 4.57 Å². The number of nitrogens with zero attached hydrogens (tertiary/aromatic N) is 3. The summed E-state index contributed by atoms with van der Waals surface area (Å²) in [6.07, 6.45) is 4.67. The Morgan fingerprint density at radius 3 is 2.74 bits per heavy atom. The molecule has 0 saturated heterocycles. The maximum Gasteiger partial charge on any atom is 0.222 e. The van der Waals surface area contributed by atoms with Crippen molar-refractivity contribution in [1.82, 2.24) is 14.8 Å². The number of nitrogens with two attached hydrogens (primary N) is 1. The average Bonchev–Trinajstić information content (AvgIpc) is 3.20. The summed E-state index contributed by atoms with van der Waals surface area (Å²) in [6, 6.07) is 11.1. The van der Waals surface area contributed by atoms with Crippen LogP contribution in [-0.2, 0) is 6.42 Å². The van der Waals surface area contributed by atoms with Gasteiger partial charge in [0.1, 0.15) is 0 Å². The molecular formula is C14H18N4S. The molecule has 0 radical (unpaired) electrons. The minimum Gasteiger partial charge on any atom is -0.368 e. The van der Waals surface area contributed by atoms with E-state index in [2.05, 4.69) is 45.1 Å². The third-order valence-corrected chi connectivity index (χ3v) is 4.32. The van der Waals surface area contributed by atoms with E-state index in [0.717, 1.165) is 23.8 Å². The molecule has 0 spiro atoms. The quantitative estimate of drug-likeness (QED) is 0.650. The monoisotopic (exact) mass is 274 g/mol. The van der Waals surface area contributed by atoms with Crippen molar-refractivity contribution in [3.63, 3.8) is 0 Å². The molecular weight excluding hydrogens is 256 g/mol. The third kappa shape index (κ3) is 3.10. The number of rotatable bonds is 6. The van der Waals surface area contributed by atoms with Crippen molar-refractivity contribution in [2.24, 2.45) is 0 Å². The van der Waals surface area contributed by atoms with Crippen molar-refractivity contribution in [2.45, 2.75) is 36.9 Å². The van der Waals surface area contributed by atoms with E-state index in [1.54, 1.807) is 11.8 Å². The average molecular weight is 274 g/mol. The SMILES string of the molecule is Nc1nnc(SCCCc2ccccc2)n1C1CC1. The van der Waals surface area contributed by atoms with E-state index in [4.69, 9.17) is 5.73 Å². The van der Waals surface area contributed by atoms with E-state index < -0.39 is 0 Å². The van der Waals surface area contributed by atoms with Gasteiger partial charge in [0.2, 0.25) is 5.95 Å². The second kappa shape index (κ2) is 5.65. The lowest BCUT2D eigenvalue weighted by Crippen LogP contribution is -2.02. The van der Waals surface area contributed by atoms with Gasteiger partial charge in [-0.25, -0.2) is 0 Å². The first-order valence-electron chi connectivity index (χ1n) is 6.71. The Kier molecular flexibility index (Phi) is 3.73. The number of hydrogen-bond donors (Lipinski definition) is 1. The summed E-state index contributed by atoms with van der Waals surface area (Å²) in [7, 11) is 0. The minimum atomic E-state index is 0.548. The van der Waals surface area contributed by atoms with Gasteiger partial charge in [-0.1, -0.05) is 42.1 Å². The van der Waals surface area contributed by atoms with Gasteiger partial charge in [-0.05, 0) is 31.2 Å². The van der Waals surface area contributed by atoms with E-state index in [1.165, 1.54) is 18.4 Å². The summed E-state index contributed by atoms with van der Waals surface area (Å²) in [5, 5.41) is 9.14. The highest BCUT2D eigenvalue weighted by Gasteiger charge is 2.28. The van der Waals surface area contributed by atoms with Gasteiger partial charge in [0.05, 0.1) is 0 Å².